The lowest BCUT2D eigenvalue weighted by molar-refractivity contribution is 0.0733. The first kappa shape index (κ1) is 31.1. The summed E-state index contributed by atoms with van der Waals surface area (Å²) in [7, 11) is 4.38. The molecule has 0 fully saturated rings. The van der Waals surface area contributed by atoms with Gasteiger partial charge in [0.2, 0.25) is 5.75 Å². The Bertz CT molecular complexity index is 1880. The molecule has 0 bridgehead atoms. The van der Waals surface area contributed by atoms with E-state index in [4.69, 9.17) is 30.5 Å². The Morgan fingerprint density at radius 1 is 0.864 bits per heavy atom. The van der Waals surface area contributed by atoms with E-state index in [1.165, 1.54) is 39.7 Å². The molecule has 0 unspecified atom stereocenters. The molecule has 4 aromatic carbocycles. The molecule has 9 nitrogen and oxygen atoms in total. The number of rotatable bonds is 9. The molecule has 1 heterocycles. The molecular formula is C32H24Br2ClN3O6. The third kappa shape index (κ3) is 6.45. The van der Waals surface area contributed by atoms with Crippen molar-refractivity contribution in [3.05, 3.63) is 104 Å². The van der Waals surface area contributed by atoms with Crippen LogP contribution in [-0.4, -0.2) is 44.4 Å². The van der Waals surface area contributed by atoms with Crippen LogP contribution in [0.25, 0.3) is 22.0 Å². The van der Waals surface area contributed by atoms with E-state index in [9.17, 15) is 9.59 Å². The minimum absolute atomic E-state index is 0.177. The summed E-state index contributed by atoms with van der Waals surface area (Å²) < 4.78 is 23.2. The first-order valence-corrected chi connectivity index (χ1v) is 14.9. The fraction of sp³-hybridized carbons (Fsp3) is 0.0938. The molecule has 0 spiro atoms. The van der Waals surface area contributed by atoms with E-state index < -0.39 is 11.9 Å². The summed E-state index contributed by atoms with van der Waals surface area (Å²) in [5.74, 6) is 0.00347. The number of benzene rings is 4. The van der Waals surface area contributed by atoms with E-state index >= 15 is 0 Å². The summed E-state index contributed by atoms with van der Waals surface area (Å²) in [5, 5.41) is 5.40. The molecule has 0 saturated heterocycles. The number of hydrogen-bond acceptors (Lipinski definition) is 7. The first-order chi connectivity index (χ1) is 21.2. The minimum Gasteiger partial charge on any atom is -0.493 e. The van der Waals surface area contributed by atoms with Gasteiger partial charge in [-0.2, -0.15) is 5.10 Å². The van der Waals surface area contributed by atoms with Crippen molar-refractivity contribution in [2.75, 3.05) is 21.3 Å². The van der Waals surface area contributed by atoms with Crippen molar-refractivity contribution in [2.45, 2.75) is 0 Å². The summed E-state index contributed by atoms with van der Waals surface area (Å²) in [4.78, 5) is 29.7. The van der Waals surface area contributed by atoms with Gasteiger partial charge in [0.25, 0.3) is 5.91 Å². The number of halogens is 3. The van der Waals surface area contributed by atoms with Crippen LogP contribution in [0, 0.1) is 0 Å². The molecule has 1 aromatic heterocycles. The maximum Gasteiger partial charge on any atom is 0.343 e. The molecule has 0 aliphatic heterocycles. The lowest BCUT2D eigenvalue weighted by Crippen LogP contribution is -2.19. The number of nitrogens with zero attached hydrogens (tertiary/aromatic N) is 1. The van der Waals surface area contributed by atoms with Crippen LogP contribution in [0.5, 0.6) is 23.0 Å². The molecule has 1 amide bonds. The number of aromatic amines is 1. The highest BCUT2D eigenvalue weighted by Crippen LogP contribution is 2.39. The average Bonchev–Trinajstić information content (AvgIpc) is 3.41. The van der Waals surface area contributed by atoms with Gasteiger partial charge in [0.05, 0.1) is 43.6 Å². The van der Waals surface area contributed by atoms with E-state index in [1.54, 1.807) is 24.3 Å². The van der Waals surface area contributed by atoms with Crippen LogP contribution >= 0.6 is 43.5 Å². The Hall–Kier alpha value is -4.32. The monoisotopic (exact) mass is 739 g/mol. The number of H-pyrrole nitrogens is 1. The molecule has 0 aliphatic rings. The summed E-state index contributed by atoms with van der Waals surface area (Å²) in [6, 6.07) is 21.2. The molecule has 0 saturated carbocycles. The van der Waals surface area contributed by atoms with Crippen molar-refractivity contribution in [1.82, 2.24) is 10.4 Å². The van der Waals surface area contributed by atoms with Crippen molar-refractivity contribution < 1.29 is 28.5 Å². The van der Waals surface area contributed by atoms with Gasteiger partial charge in [-0.25, -0.2) is 10.2 Å². The normalized spacial score (nSPS) is 11.0. The minimum atomic E-state index is -0.668. The van der Waals surface area contributed by atoms with Gasteiger partial charge in [-0.15, -0.1) is 0 Å². The second kappa shape index (κ2) is 13.5. The fourth-order valence-electron chi connectivity index (χ4n) is 4.58. The molecule has 0 radical (unpaired) electrons. The lowest BCUT2D eigenvalue weighted by Gasteiger charge is -2.14. The highest BCUT2D eigenvalue weighted by molar-refractivity contribution is 9.10. The smallest absolute Gasteiger partial charge is 0.343 e. The molecular weight excluding hydrogens is 718 g/mol. The zero-order valence-corrected chi connectivity index (χ0v) is 27.5. The van der Waals surface area contributed by atoms with Gasteiger partial charge in [0.1, 0.15) is 11.4 Å². The number of hydrazone groups is 1. The fourth-order valence-corrected chi connectivity index (χ4v) is 5.82. The molecule has 44 heavy (non-hydrogen) atoms. The van der Waals surface area contributed by atoms with Crippen molar-refractivity contribution in [1.29, 1.82) is 0 Å². The van der Waals surface area contributed by atoms with Crippen molar-refractivity contribution in [2.24, 2.45) is 5.10 Å². The summed E-state index contributed by atoms with van der Waals surface area (Å²) in [6.07, 6.45) is 1.38. The topological polar surface area (TPSA) is 111 Å². The number of ether oxygens (including phenoxy) is 4. The standard InChI is InChI=1S/C32H24Br2ClN3O6/c1-41-25-12-18(13-26(42-2)30(25)43-3)32(40)44-24-10-9-20(33)11-19(24)16-36-38-31(39)29-27(17-7-5-4-6-8-17)22-14-21(34)15-23(35)28(22)37-29/h4-16,37H,1-3H3,(H,38,39). The van der Waals surface area contributed by atoms with Crippen LogP contribution in [0.2, 0.25) is 5.02 Å². The van der Waals surface area contributed by atoms with Crippen LogP contribution in [0.4, 0.5) is 0 Å². The number of aromatic nitrogens is 1. The third-order valence-corrected chi connectivity index (χ3v) is 7.81. The number of carbonyl (C=O) groups excluding carboxylic acids is 2. The van der Waals surface area contributed by atoms with Gasteiger partial charge in [-0.3, -0.25) is 4.79 Å². The van der Waals surface area contributed by atoms with Crippen molar-refractivity contribution in [3.63, 3.8) is 0 Å². The number of fused-ring (bicyclic) bond motifs is 1. The second-order valence-corrected chi connectivity index (χ2v) is 11.5. The molecule has 12 heteroatoms. The first-order valence-electron chi connectivity index (χ1n) is 12.9. The van der Waals surface area contributed by atoms with E-state index in [0.29, 0.717) is 43.4 Å². The predicted molar refractivity (Wildman–Crippen MR) is 177 cm³/mol. The Labute approximate surface area is 274 Å². The van der Waals surface area contributed by atoms with Crippen molar-refractivity contribution in [3.8, 4) is 34.1 Å². The van der Waals surface area contributed by atoms with Crippen LogP contribution < -0.4 is 24.4 Å². The number of methoxy groups -OCH3 is 3. The van der Waals surface area contributed by atoms with Gasteiger partial charge < -0.3 is 23.9 Å². The average molecular weight is 742 g/mol. The third-order valence-electron chi connectivity index (χ3n) is 6.56. The molecule has 2 N–H and O–H groups in total. The molecule has 5 rings (SSSR count). The van der Waals surface area contributed by atoms with Crippen LogP contribution in [-0.2, 0) is 0 Å². The Kier molecular flexibility index (Phi) is 9.58. The Morgan fingerprint density at radius 3 is 2.23 bits per heavy atom. The molecule has 5 aromatic rings. The zero-order valence-electron chi connectivity index (χ0n) is 23.5. The summed E-state index contributed by atoms with van der Waals surface area (Å²) >= 11 is 13.4. The SMILES string of the molecule is COc1cc(C(=O)Oc2ccc(Br)cc2C=NNC(=O)c2[nH]c3c(Cl)cc(Br)cc3c2-c2ccccc2)cc(OC)c1OC. The zero-order chi connectivity index (χ0) is 31.4. The maximum atomic E-state index is 13.4. The lowest BCUT2D eigenvalue weighted by atomic mass is 10.0. The van der Waals surface area contributed by atoms with E-state index in [0.717, 1.165) is 15.4 Å². The summed E-state index contributed by atoms with van der Waals surface area (Å²) in [5.41, 5.74) is 5.58. The van der Waals surface area contributed by atoms with E-state index in [1.807, 2.05) is 36.4 Å². The van der Waals surface area contributed by atoms with Crippen molar-refractivity contribution >= 4 is 72.5 Å². The highest BCUT2D eigenvalue weighted by atomic mass is 79.9. The number of nitrogens with one attached hydrogen (secondary N) is 2. The van der Waals surface area contributed by atoms with Gasteiger partial charge in [0.15, 0.2) is 11.5 Å². The Balaban J connectivity index is 1.43. The molecule has 0 atom stereocenters. The molecule has 224 valence electrons. The number of hydrogen-bond donors (Lipinski definition) is 2. The van der Waals surface area contributed by atoms with E-state index in [2.05, 4.69) is 47.4 Å². The number of amides is 1. The van der Waals surface area contributed by atoms with Crippen LogP contribution in [0.15, 0.2) is 86.8 Å². The Morgan fingerprint density at radius 2 is 1.57 bits per heavy atom. The summed E-state index contributed by atoms with van der Waals surface area (Å²) in [6.45, 7) is 0. The van der Waals surface area contributed by atoms with Crippen LogP contribution in [0.1, 0.15) is 26.4 Å². The maximum absolute atomic E-state index is 13.4. The predicted octanol–water partition coefficient (Wildman–Crippen LogP) is 8.02. The second-order valence-electron chi connectivity index (χ2n) is 9.24. The van der Waals surface area contributed by atoms with E-state index in [-0.39, 0.29) is 17.0 Å². The van der Waals surface area contributed by atoms with Gasteiger partial charge in [0, 0.05) is 25.5 Å². The largest absolute Gasteiger partial charge is 0.493 e. The molecule has 0 aliphatic carbocycles. The van der Waals surface area contributed by atoms with Gasteiger partial charge >= 0.3 is 5.97 Å². The highest BCUT2D eigenvalue weighted by Gasteiger charge is 2.22. The number of carbonyl (C=O) groups is 2. The quantitative estimate of drug-likeness (QED) is 0.0686. The van der Waals surface area contributed by atoms with Gasteiger partial charge in [-0.1, -0.05) is 73.8 Å². The van der Waals surface area contributed by atoms with Gasteiger partial charge in [-0.05, 0) is 48.0 Å². The number of esters is 1. The van der Waals surface area contributed by atoms with Crippen LogP contribution in [0.3, 0.4) is 0 Å².